The van der Waals surface area contributed by atoms with E-state index in [0.29, 0.717) is 17.5 Å². The van der Waals surface area contributed by atoms with E-state index in [4.69, 9.17) is 9.84 Å². The molecular formula is C21H23FO5S. The van der Waals surface area contributed by atoms with Gasteiger partial charge in [0.15, 0.2) is 0 Å². The molecule has 6 atom stereocenters. The standard InChI is InChI=1S/C21H23FO5S/c22-15-6-5-12(20-18(25)19(26)21(27-20)16(24)10-23)7-13(15)9-14-8-11-3-1-2-4-17(11)28-14/h1-7,14,16,18-21,23-26H,8-10H2/t14?,16?,18-,19-,20?,21?/m1/s1. The lowest BCUT2D eigenvalue weighted by Gasteiger charge is -2.19. The van der Waals surface area contributed by atoms with Crippen LogP contribution < -0.4 is 0 Å². The summed E-state index contributed by atoms with van der Waals surface area (Å²) in [7, 11) is 0. The van der Waals surface area contributed by atoms with E-state index in [0.717, 1.165) is 6.42 Å². The predicted molar refractivity (Wildman–Crippen MR) is 103 cm³/mol. The summed E-state index contributed by atoms with van der Waals surface area (Å²) in [6.07, 6.45) is -4.49. The van der Waals surface area contributed by atoms with Gasteiger partial charge in [-0.1, -0.05) is 30.3 Å². The van der Waals surface area contributed by atoms with Crippen LogP contribution in [0.25, 0.3) is 0 Å². The molecule has 5 nitrogen and oxygen atoms in total. The molecule has 4 N–H and O–H groups in total. The number of hydrogen-bond acceptors (Lipinski definition) is 6. The number of aliphatic hydroxyl groups is 4. The van der Waals surface area contributed by atoms with Crippen LogP contribution in [0.3, 0.4) is 0 Å². The molecule has 0 saturated carbocycles. The van der Waals surface area contributed by atoms with Gasteiger partial charge in [0.1, 0.15) is 36.3 Å². The van der Waals surface area contributed by atoms with Crippen molar-refractivity contribution in [2.24, 2.45) is 0 Å². The molecule has 0 radical (unpaired) electrons. The van der Waals surface area contributed by atoms with Crippen molar-refractivity contribution in [1.82, 2.24) is 0 Å². The maximum absolute atomic E-state index is 14.4. The Bertz CT molecular complexity index is 822. The fourth-order valence-corrected chi connectivity index (χ4v) is 5.29. The maximum Gasteiger partial charge on any atom is 0.126 e. The molecule has 2 aromatic rings. The van der Waals surface area contributed by atoms with E-state index >= 15 is 0 Å². The third-order valence-electron chi connectivity index (χ3n) is 5.43. The highest BCUT2D eigenvalue weighted by molar-refractivity contribution is 8.00. The Balaban J connectivity index is 1.52. The smallest absolute Gasteiger partial charge is 0.126 e. The molecule has 7 heteroatoms. The summed E-state index contributed by atoms with van der Waals surface area (Å²) in [5.41, 5.74) is 2.34. The summed E-state index contributed by atoms with van der Waals surface area (Å²) in [5.74, 6) is -0.319. The van der Waals surface area contributed by atoms with Crippen LogP contribution in [-0.2, 0) is 17.6 Å². The molecule has 1 fully saturated rings. The van der Waals surface area contributed by atoms with Gasteiger partial charge in [-0.2, -0.15) is 0 Å². The topological polar surface area (TPSA) is 90.2 Å². The summed E-state index contributed by atoms with van der Waals surface area (Å²) in [5, 5.41) is 39.5. The lowest BCUT2D eigenvalue weighted by Crippen LogP contribution is -2.40. The Morgan fingerprint density at radius 3 is 2.68 bits per heavy atom. The highest BCUT2D eigenvalue weighted by Gasteiger charge is 2.46. The molecule has 1 saturated heterocycles. The van der Waals surface area contributed by atoms with E-state index in [1.807, 2.05) is 12.1 Å². The molecule has 4 rings (SSSR count). The van der Waals surface area contributed by atoms with Crippen molar-refractivity contribution in [2.75, 3.05) is 6.61 Å². The summed E-state index contributed by atoms with van der Waals surface area (Å²) in [6, 6.07) is 12.7. The van der Waals surface area contributed by atoms with Crippen LogP contribution in [0.5, 0.6) is 0 Å². The average molecular weight is 406 g/mol. The Morgan fingerprint density at radius 2 is 1.93 bits per heavy atom. The lowest BCUT2D eigenvalue weighted by atomic mass is 9.96. The SMILES string of the molecule is OCC(O)C1OC(c2ccc(F)c(CC3Cc4ccccc4S3)c2)[C@H](O)[C@H]1O. The monoisotopic (exact) mass is 406 g/mol. The molecule has 28 heavy (non-hydrogen) atoms. The van der Waals surface area contributed by atoms with E-state index in [-0.39, 0.29) is 11.1 Å². The average Bonchev–Trinajstić information content (AvgIpc) is 3.24. The number of benzene rings is 2. The minimum absolute atomic E-state index is 0.228. The van der Waals surface area contributed by atoms with E-state index in [9.17, 15) is 19.7 Å². The van der Waals surface area contributed by atoms with Crippen LogP contribution in [0.2, 0.25) is 0 Å². The summed E-state index contributed by atoms with van der Waals surface area (Å²) < 4.78 is 20.0. The Hall–Kier alpha value is -1.48. The first-order chi connectivity index (χ1) is 13.5. The molecule has 0 aromatic heterocycles. The second kappa shape index (κ2) is 8.10. The van der Waals surface area contributed by atoms with E-state index in [1.54, 1.807) is 17.8 Å². The Kier molecular flexibility index (Phi) is 5.73. The highest BCUT2D eigenvalue weighted by Crippen LogP contribution is 2.40. The summed E-state index contributed by atoms with van der Waals surface area (Å²) in [6.45, 7) is -0.588. The van der Waals surface area contributed by atoms with Crippen LogP contribution >= 0.6 is 11.8 Å². The zero-order chi connectivity index (χ0) is 19.8. The quantitative estimate of drug-likeness (QED) is 0.603. The Morgan fingerprint density at radius 1 is 1.14 bits per heavy atom. The van der Waals surface area contributed by atoms with Crippen molar-refractivity contribution < 1.29 is 29.6 Å². The van der Waals surface area contributed by atoms with Crippen molar-refractivity contribution >= 4 is 11.8 Å². The van der Waals surface area contributed by atoms with Crippen LogP contribution in [0.15, 0.2) is 47.4 Å². The lowest BCUT2D eigenvalue weighted by molar-refractivity contribution is -0.0820. The van der Waals surface area contributed by atoms with Crippen molar-refractivity contribution in [2.45, 2.75) is 53.5 Å². The van der Waals surface area contributed by atoms with Gasteiger partial charge in [0.2, 0.25) is 0 Å². The van der Waals surface area contributed by atoms with Gasteiger partial charge < -0.3 is 25.2 Å². The minimum Gasteiger partial charge on any atom is -0.394 e. The van der Waals surface area contributed by atoms with Gasteiger partial charge in [0.25, 0.3) is 0 Å². The van der Waals surface area contributed by atoms with Gasteiger partial charge in [0.05, 0.1) is 6.61 Å². The molecule has 4 unspecified atom stereocenters. The molecule has 0 amide bonds. The van der Waals surface area contributed by atoms with Crippen LogP contribution in [0, 0.1) is 5.82 Å². The summed E-state index contributed by atoms with van der Waals surface area (Å²) in [4.78, 5) is 1.22. The largest absolute Gasteiger partial charge is 0.394 e. The fourth-order valence-electron chi connectivity index (χ4n) is 3.94. The molecule has 2 aliphatic rings. The molecule has 0 spiro atoms. The molecule has 0 bridgehead atoms. The number of ether oxygens (including phenoxy) is 1. The predicted octanol–water partition coefficient (Wildman–Crippen LogP) is 1.60. The number of thioether (sulfide) groups is 1. The van der Waals surface area contributed by atoms with Gasteiger partial charge in [-0.15, -0.1) is 11.8 Å². The zero-order valence-electron chi connectivity index (χ0n) is 15.1. The first kappa shape index (κ1) is 19.8. The fraction of sp³-hybridized carbons (Fsp3) is 0.429. The van der Waals surface area contributed by atoms with Crippen LogP contribution in [0.1, 0.15) is 22.8 Å². The van der Waals surface area contributed by atoms with Crippen molar-refractivity contribution in [1.29, 1.82) is 0 Å². The van der Waals surface area contributed by atoms with E-state index in [2.05, 4.69) is 12.1 Å². The number of rotatable bonds is 5. The minimum atomic E-state index is -1.33. The van der Waals surface area contributed by atoms with Gasteiger partial charge in [-0.25, -0.2) is 4.39 Å². The molecule has 150 valence electrons. The maximum atomic E-state index is 14.4. The third-order valence-corrected chi connectivity index (χ3v) is 6.75. The summed E-state index contributed by atoms with van der Waals surface area (Å²) >= 11 is 1.74. The first-order valence-electron chi connectivity index (χ1n) is 9.31. The van der Waals surface area contributed by atoms with Gasteiger partial charge >= 0.3 is 0 Å². The van der Waals surface area contributed by atoms with Gasteiger partial charge in [-0.3, -0.25) is 0 Å². The number of hydrogen-bond donors (Lipinski definition) is 4. The van der Waals surface area contributed by atoms with Crippen LogP contribution in [0.4, 0.5) is 4.39 Å². The van der Waals surface area contributed by atoms with E-state index in [1.165, 1.54) is 22.6 Å². The second-order valence-electron chi connectivity index (χ2n) is 7.36. The Labute approximate surface area is 166 Å². The van der Waals surface area contributed by atoms with Gasteiger partial charge in [0, 0.05) is 10.1 Å². The van der Waals surface area contributed by atoms with Gasteiger partial charge in [-0.05, 0) is 41.7 Å². The second-order valence-corrected chi connectivity index (χ2v) is 8.70. The molecule has 2 aromatic carbocycles. The molecule has 0 aliphatic carbocycles. The molecular weight excluding hydrogens is 383 g/mol. The first-order valence-corrected chi connectivity index (χ1v) is 10.2. The number of fused-ring (bicyclic) bond motifs is 1. The molecule has 2 heterocycles. The number of halogens is 1. The normalized spacial score (nSPS) is 30.4. The zero-order valence-corrected chi connectivity index (χ0v) is 15.9. The van der Waals surface area contributed by atoms with Crippen LogP contribution in [-0.4, -0.2) is 56.7 Å². The van der Waals surface area contributed by atoms with Crippen molar-refractivity contribution in [3.8, 4) is 0 Å². The molecule has 2 aliphatic heterocycles. The number of aliphatic hydroxyl groups excluding tert-OH is 4. The van der Waals surface area contributed by atoms with E-state index < -0.39 is 37.1 Å². The highest BCUT2D eigenvalue weighted by atomic mass is 32.2. The van der Waals surface area contributed by atoms with Crippen molar-refractivity contribution in [3.05, 3.63) is 65.0 Å². The van der Waals surface area contributed by atoms with Crippen molar-refractivity contribution in [3.63, 3.8) is 0 Å². The third kappa shape index (κ3) is 3.70.